The molecule has 0 unspecified atom stereocenters. The summed E-state index contributed by atoms with van der Waals surface area (Å²) in [6.45, 7) is 4.45. The monoisotopic (exact) mass is 284 g/mol. The van der Waals surface area contributed by atoms with Gasteiger partial charge in [-0.05, 0) is 47.5 Å². The van der Waals surface area contributed by atoms with Crippen molar-refractivity contribution in [3.63, 3.8) is 0 Å². The average Bonchev–Trinajstić information content (AvgIpc) is 2.26. The first-order valence-corrected chi connectivity index (χ1v) is 6.37. The third-order valence-electron chi connectivity index (χ3n) is 2.34. The van der Waals surface area contributed by atoms with E-state index in [9.17, 15) is 4.79 Å². The summed E-state index contributed by atoms with van der Waals surface area (Å²) in [7, 11) is 0. The smallest absolute Gasteiger partial charge is 0.159 e. The van der Waals surface area contributed by atoms with Crippen LogP contribution in [0, 0.1) is 0 Å². The van der Waals surface area contributed by atoms with Crippen molar-refractivity contribution in [2.45, 2.75) is 33.1 Å². The van der Waals surface area contributed by atoms with Crippen molar-refractivity contribution in [3.8, 4) is 5.75 Å². The molecule has 0 fully saturated rings. The number of hydrogen-bond acceptors (Lipinski definition) is 2. The molecule has 0 saturated heterocycles. The number of unbranched alkanes of at least 4 members (excludes halogenated alkanes) is 2. The number of carbonyl (C=O) groups is 1. The number of carbonyl (C=O) groups excluding carboxylic acids is 1. The summed E-state index contributed by atoms with van der Waals surface area (Å²) in [4.78, 5) is 11.1. The third-order valence-corrected chi connectivity index (χ3v) is 2.96. The molecular formula is C13H17BrO2. The Kier molecular flexibility index (Phi) is 5.53. The molecule has 0 spiro atoms. The first-order chi connectivity index (χ1) is 7.65. The normalized spacial score (nSPS) is 10.2. The van der Waals surface area contributed by atoms with E-state index >= 15 is 0 Å². The van der Waals surface area contributed by atoms with Gasteiger partial charge >= 0.3 is 0 Å². The molecule has 88 valence electrons. The van der Waals surface area contributed by atoms with Gasteiger partial charge in [0.2, 0.25) is 0 Å². The fourth-order valence-electron chi connectivity index (χ4n) is 1.37. The predicted molar refractivity (Wildman–Crippen MR) is 69.2 cm³/mol. The van der Waals surface area contributed by atoms with Gasteiger partial charge in [0.05, 0.1) is 11.1 Å². The summed E-state index contributed by atoms with van der Waals surface area (Å²) in [6.07, 6.45) is 3.44. The molecule has 0 radical (unpaired) electrons. The second-order valence-electron chi connectivity index (χ2n) is 3.76. The van der Waals surface area contributed by atoms with E-state index in [1.807, 2.05) is 6.07 Å². The highest BCUT2D eigenvalue weighted by molar-refractivity contribution is 9.10. The maximum absolute atomic E-state index is 11.1. The zero-order valence-electron chi connectivity index (χ0n) is 9.75. The van der Waals surface area contributed by atoms with Crippen LogP contribution >= 0.6 is 15.9 Å². The summed E-state index contributed by atoms with van der Waals surface area (Å²) < 4.78 is 6.46. The molecule has 1 rings (SSSR count). The van der Waals surface area contributed by atoms with E-state index in [1.54, 1.807) is 19.1 Å². The molecule has 0 saturated carbocycles. The number of hydrogen-bond donors (Lipinski definition) is 0. The lowest BCUT2D eigenvalue weighted by molar-refractivity contribution is 0.101. The van der Waals surface area contributed by atoms with Crippen molar-refractivity contribution in [2.75, 3.05) is 6.61 Å². The maximum Gasteiger partial charge on any atom is 0.159 e. The molecule has 0 bridgehead atoms. The highest BCUT2D eigenvalue weighted by Crippen LogP contribution is 2.26. The Bertz CT molecular complexity index is 361. The Hall–Kier alpha value is -0.830. The summed E-state index contributed by atoms with van der Waals surface area (Å²) in [5, 5.41) is 0. The lowest BCUT2D eigenvalue weighted by atomic mass is 10.1. The molecule has 1 aromatic carbocycles. The molecular weight excluding hydrogens is 268 g/mol. The maximum atomic E-state index is 11.1. The standard InChI is InChI=1S/C13H17BrO2/c1-3-4-5-8-16-13-7-6-11(10(2)15)9-12(13)14/h6-7,9H,3-5,8H2,1-2H3. The van der Waals surface area contributed by atoms with Gasteiger partial charge in [-0.1, -0.05) is 19.8 Å². The number of ether oxygens (including phenoxy) is 1. The number of rotatable bonds is 6. The van der Waals surface area contributed by atoms with Gasteiger partial charge < -0.3 is 4.74 Å². The van der Waals surface area contributed by atoms with Crippen LogP contribution in [0.15, 0.2) is 22.7 Å². The minimum Gasteiger partial charge on any atom is -0.492 e. The van der Waals surface area contributed by atoms with E-state index in [0.29, 0.717) is 5.56 Å². The van der Waals surface area contributed by atoms with Gasteiger partial charge in [0.25, 0.3) is 0 Å². The molecule has 0 aliphatic heterocycles. The van der Waals surface area contributed by atoms with Crippen LogP contribution in [0.3, 0.4) is 0 Å². The van der Waals surface area contributed by atoms with Crippen LogP contribution in [0.2, 0.25) is 0 Å². The van der Waals surface area contributed by atoms with Crippen LogP contribution in [-0.4, -0.2) is 12.4 Å². The SMILES string of the molecule is CCCCCOc1ccc(C(C)=O)cc1Br. The van der Waals surface area contributed by atoms with Gasteiger partial charge in [-0.15, -0.1) is 0 Å². The van der Waals surface area contributed by atoms with Crippen molar-refractivity contribution >= 4 is 21.7 Å². The Balaban J connectivity index is 2.57. The zero-order chi connectivity index (χ0) is 12.0. The molecule has 3 heteroatoms. The predicted octanol–water partition coefficient (Wildman–Crippen LogP) is 4.22. The van der Waals surface area contributed by atoms with Gasteiger partial charge in [-0.3, -0.25) is 4.79 Å². The van der Waals surface area contributed by atoms with E-state index in [-0.39, 0.29) is 5.78 Å². The van der Waals surface area contributed by atoms with Crippen LogP contribution in [0.1, 0.15) is 43.5 Å². The topological polar surface area (TPSA) is 26.3 Å². The lowest BCUT2D eigenvalue weighted by Crippen LogP contribution is -1.99. The third kappa shape index (κ3) is 3.97. The van der Waals surface area contributed by atoms with Crippen molar-refractivity contribution in [2.24, 2.45) is 0 Å². The highest BCUT2D eigenvalue weighted by Gasteiger charge is 2.05. The number of Topliss-reactive ketones (excluding diaryl/α,β-unsaturated/α-hetero) is 1. The molecule has 0 aliphatic rings. The minimum atomic E-state index is 0.0678. The Morgan fingerprint density at radius 3 is 2.69 bits per heavy atom. The second-order valence-corrected chi connectivity index (χ2v) is 4.61. The van der Waals surface area contributed by atoms with E-state index in [2.05, 4.69) is 22.9 Å². The first kappa shape index (κ1) is 13.2. The van der Waals surface area contributed by atoms with E-state index in [4.69, 9.17) is 4.74 Å². The summed E-state index contributed by atoms with van der Waals surface area (Å²) in [5.41, 5.74) is 0.702. The fraction of sp³-hybridized carbons (Fsp3) is 0.462. The molecule has 0 atom stereocenters. The molecule has 0 amide bonds. The lowest BCUT2D eigenvalue weighted by Gasteiger charge is -2.08. The molecule has 1 aromatic rings. The average molecular weight is 285 g/mol. The van der Waals surface area contributed by atoms with Crippen molar-refractivity contribution in [3.05, 3.63) is 28.2 Å². The summed E-state index contributed by atoms with van der Waals surface area (Å²) >= 11 is 3.41. The number of ketones is 1. The van der Waals surface area contributed by atoms with Crippen molar-refractivity contribution < 1.29 is 9.53 Å². The zero-order valence-corrected chi connectivity index (χ0v) is 11.3. The van der Waals surface area contributed by atoms with Crippen LogP contribution in [-0.2, 0) is 0 Å². The minimum absolute atomic E-state index is 0.0678. The van der Waals surface area contributed by atoms with Crippen LogP contribution in [0.4, 0.5) is 0 Å². The van der Waals surface area contributed by atoms with Gasteiger partial charge in [0, 0.05) is 5.56 Å². The fourth-order valence-corrected chi connectivity index (χ4v) is 1.86. The van der Waals surface area contributed by atoms with Gasteiger partial charge in [-0.25, -0.2) is 0 Å². The van der Waals surface area contributed by atoms with Crippen LogP contribution in [0.25, 0.3) is 0 Å². The van der Waals surface area contributed by atoms with E-state index < -0.39 is 0 Å². The van der Waals surface area contributed by atoms with Gasteiger partial charge in [0.15, 0.2) is 5.78 Å². The Labute approximate surface area is 105 Å². The summed E-state index contributed by atoms with van der Waals surface area (Å²) in [5.74, 6) is 0.874. The quantitative estimate of drug-likeness (QED) is 0.577. The molecule has 2 nitrogen and oxygen atoms in total. The summed E-state index contributed by atoms with van der Waals surface area (Å²) in [6, 6.07) is 5.44. The van der Waals surface area contributed by atoms with E-state index in [1.165, 1.54) is 12.8 Å². The van der Waals surface area contributed by atoms with E-state index in [0.717, 1.165) is 23.2 Å². The largest absolute Gasteiger partial charge is 0.492 e. The van der Waals surface area contributed by atoms with Crippen molar-refractivity contribution in [1.82, 2.24) is 0 Å². The molecule has 0 aliphatic carbocycles. The van der Waals surface area contributed by atoms with Crippen molar-refractivity contribution in [1.29, 1.82) is 0 Å². The number of benzene rings is 1. The molecule has 16 heavy (non-hydrogen) atoms. The van der Waals surface area contributed by atoms with Crippen LogP contribution in [0.5, 0.6) is 5.75 Å². The molecule has 0 N–H and O–H groups in total. The molecule has 0 heterocycles. The van der Waals surface area contributed by atoms with Gasteiger partial charge in [-0.2, -0.15) is 0 Å². The Morgan fingerprint density at radius 2 is 2.12 bits per heavy atom. The first-order valence-electron chi connectivity index (χ1n) is 5.58. The Morgan fingerprint density at radius 1 is 1.38 bits per heavy atom. The van der Waals surface area contributed by atoms with Crippen LogP contribution < -0.4 is 4.74 Å². The highest BCUT2D eigenvalue weighted by atomic mass is 79.9. The van der Waals surface area contributed by atoms with Gasteiger partial charge in [0.1, 0.15) is 5.75 Å². The number of halogens is 1. The molecule has 0 aromatic heterocycles. The second kappa shape index (κ2) is 6.69.